The molecule has 4 nitrogen and oxygen atoms in total. The minimum atomic E-state index is 0.982. The molecule has 0 aliphatic heterocycles. The highest BCUT2D eigenvalue weighted by atomic mass is 15.3. The summed E-state index contributed by atoms with van der Waals surface area (Å²) >= 11 is 0. The van der Waals surface area contributed by atoms with Crippen LogP contribution in [0.3, 0.4) is 0 Å². The predicted octanol–water partition coefficient (Wildman–Crippen LogP) is 7.04. The summed E-state index contributed by atoms with van der Waals surface area (Å²) in [5, 5.41) is 6.29. The number of hydrogen-bond acceptors (Lipinski definition) is 2. The van der Waals surface area contributed by atoms with Gasteiger partial charge >= 0.3 is 0 Å². The van der Waals surface area contributed by atoms with Gasteiger partial charge in [0, 0.05) is 17.6 Å². The van der Waals surface area contributed by atoms with E-state index in [2.05, 4.69) is 75.7 Å². The third kappa shape index (κ3) is 3.66. The molecule has 3 aromatic heterocycles. The van der Waals surface area contributed by atoms with E-state index < -0.39 is 0 Å². The van der Waals surface area contributed by atoms with Gasteiger partial charge in [-0.15, -0.1) is 0 Å². The van der Waals surface area contributed by atoms with Crippen molar-refractivity contribution < 1.29 is 0 Å². The Morgan fingerprint density at radius 3 is 2.16 bits per heavy atom. The van der Waals surface area contributed by atoms with Crippen LogP contribution in [0.4, 0.5) is 0 Å². The summed E-state index contributed by atoms with van der Waals surface area (Å²) < 4.78 is 4.64. The second kappa shape index (κ2) is 8.49. The molecule has 164 valence electrons. The lowest BCUT2D eigenvalue weighted by atomic mass is 9.94. The van der Waals surface area contributed by atoms with Gasteiger partial charge in [-0.05, 0) is 70.2 Å². The lowest BCUT2D eigenvalue weighted by Gasteiger charge is -2.13. The van der Waals surface area contributed by atoms with Crippen molar-refractivity contribution in [2.24, 2.45) is 0 Å². The van der Waals surface area contributed by atoms with Gasteiger partial charge in [0.25, 0.3) is 0 Å². The Bertz CT molecular complexity index is 1230. The van der Waals surface area contributed by atoms with E-state index in [1.54, 1.807) is 0 Å². The Morgan fingerprint density at radius 1 is 0.806 bits per heavy atom. The number of rotatable bonds is 7. The summed E-state index contributed by atoms with van der Waals surface area (Å²) in [4.78, 5) is 5.10. The molecule has 4 rings (SSSR count). The van der Waals surface area contributed by atoms with Gasteiger partial charge in [0.15, 0.2) is 5.65 Å². The molecule has 0 bridgehead atoms. The van der Waals surface area contributed by atoms with Crippen LogP contribution in [0.15, 0.2) is 18.2 Å². The second-order valence-electron chi connectivity index (χ2n) is 9.15. The smallest absolute Gasteiger partial charge is 0.165 e. The van der Waals surface area contributed by atoms with Crippen molar-refractivity contribution in [3.8, 4) is 11.1 Å². The van der Waals surface area contributed by atoms with Crippen molar-refractivity contribution in [2.75, 3.05) is 0 Å². The lowest BCUT2D eigenvalue weighted by molar-refractivity contribution is 0.589. The summed E-state index contributed by atoms with van der Waals surface area (Å²) in [5.41, 5.74) is 12.1. The molecular weight excluding hydrogens is 380 g/mol. The van der Waals surface area contributed by atoms with E-state index in [0.29, 0.717) is 0 Å². The fourth-order valence-corrected chi connectivity index (χ4v) is 5.17. The maximum Gasteiger partial charge on any atom is 0.165 e. The number of unbranched alkanes of at least 4 members (excludes halogenated alkanes) is 2. The molecule has 4 aromatic rings. The molecule has 0 atom stereocenters. The van der Waals surface area contributed by atoms with Gasteiger partial charge in [0.2, 0.25) is 0 Å². The molecule has 3 heterocycles. The van der Waals surface area contributed by atoms with Crippen molar-refractivity contribution in [1.82, 2.24) is 19.2 Å². The first-order chi connectivity index (χ1) is 14.9. The van der Waals surface area contributed by atoms with Crippen molar-refractivity contribution in [3.05, 3.63) is 52.0 Å². The molecule has 0 unspecified atom stereocenters. The molecule has 0 saturated heterocycles. The summed E-state index contributed by atoms with van der Waals surface area (Å²) in [5.74, 6) is 0. The predicted molar refractivity (Wildman–Crippen MR) is 131 cm³/mol. The normalized spacial score (nSPS) is 11.8. The number of aryl methyl sites for hydroxylation is 7. The van der Waals surface area contributed by atoms with Gasteiger partial charge in [-0.25, -0.2) is 4.98 Å². The Kier molecular flexibility index (Phi) is 5.92. The van der Waals surface area contributed by atoms with E-state index in [0.717, 1.165) is 36.4 Å². The minimum absolute atomic E-state index is 0.982. The molecule has 4 heteroatoms. The van der Waals surface area contributed by atoms with Crippen LogP contribution in [0.5, 0.6) is 0 Å². The standard InChI is InChI=1S/C27H36N4/c1-8-10-11-13-30-22(12-9-2)16-23-20(6)28-26-25(21(7)29-31(26)27(23)30)24-18(4)14-17(3)15-19(24)5/h14-16H,8-13H2,1-7H3. The van der Waals surface area contributed by atoms with Crippen molar-refractivity contribution >= 4 is 16.7 Å². The van der Waals surface area contributed by atoms with Crippen LogP contribution < -0.4 is 0 Å². The molecule has 1 aromatic carbocycles. The van der Waals surface area contributed by atoms with Crippen LogP contribution >= 0.6 is 0 Å². The van der Waals surface area contributed by atoms with Gasteiger partial charge in [-0.3, -0.25) is 0 Å². The first kappa shape index (κ1) is 21.6. The first-order valence-corrected chi connectivity index (χ1v) is 11.8. The zero-order valence-electron chi connectivity index (χ0n) is 20.3. The van der Waals surface area contributed by atoms with Gasteiger partial charge in [-0.2, -0.15) is 9.61 Å². The third-order valence-corrected chi connectivity index (χ3v) is 6.47. The van der Waals surface area contributed by atoms with Crippen molar-refractivity contribution in [2.45, 2.75) is 87.1 Å². The van der Waals surface area contributed by atoms with E-state index in [-0.39, 0.29) is 0 Å². The van der Waals surface area contributed by atoms with Gasteiger partial charge in [0.1, 0.15) is 5.65 Å². The number of fused-ring (bicyclic) bond motifs is 3. The van der Waals surface area contributed by atoms with E-state index in [4.69, 9.17) is 10.1 Å². The summed E-state index contributed by atoms with van der Waals surface area (Å²) in [6.45, 7) is 16.4. The number of hydrogen-bond donors (Lipinski definition) is 0. The Hall–Kier alpha value is -2.62. The number of nitrogens with zero attached hydrogens (tertiary/aromatic N) is 4. The van der Waals surface area contributed by atoms with Crippen LogP contribution in [-0.2, 0) is 13.0 Å². The molecule has 0 N–H and O–H groups in total. The zero-order chi connectivity index (χ0) is 22.3. The molecule has 0 aliphatic carbocycles. The van der Waals surface area contributed by atoms with Crippen molar-refractivity contribution in [1.29, 1.82) is 0 Å². The molecule has 0 amide bonds. The lowest BCUT2D eigenvalue weighted by Crippen LogP contribution is -2.07. The third-order valence-electron chi connectivity index (χ3n) is 6.47. The summed E-state index contributed by atoms with van der Waals surface area (Å²) in [6, 6.07) is 6.89. The van der Waals surface area contributed by atoms with Crippen LogP contribution in [0.1, 0.15) is 73.3 Å². The highest BCUT2D eigenvalue weighted by molar-refractivity contribution is 5.90. The van der Waals surface area contributed by atoms with E-state index in [9.17, 15) is 0 Å². The maximum absolute atomic E-state index is 5.10. The fourth-order valence-electron chi connectivity index (χ4n) is 5.17. The second-order valence-corrected chi connectivity index (χ2v) is 9.15. The fraction of sp³-hybridized carbons (Fsp3) is 0.481. The minimum Gasteiger partial charge on any atom is -0.329 e. The molecule has 0 saturated carbocycles. The molecule has 31 heavy (non-hydrogen) atoms. The van der Waals surface area contributed by atoms with Crippen LogP contribution in [0.2, 0.25) is 0 Å². The molecule has 0 spiro atoms. The highest BCUT2D eigenvalue weighted by Crippen LogP contribution is 2.36. The van der Waals surface area contributed by atoms with Crippen LogP contribution in [-0.4, -0.2) is 19.2 Å². The van der Waals surface area contributed by atoms with Crippen LogP contribution in [0.25, 0.3) is 27.8 Å². The zero-order valence-corrected chi connectivity index (χ0v) is 20.3. The molecule has 0 fully saturated rings. The van der Waals surface area contributed by atoms with Gasteiger partial charge in [0.05, 0.1) is 17.0 Å². The topological polar surface area (TPSA) is 35.1 Å². The monoisotopic (exact) mass is 416 g/mol. The average Bonchev–Trinajstić information content (AvgIpc) is 3.21. The van der Waals surface area contributed by atoms with E-state index in [1.165, 1.54) is 63.8 Å². The van der Waals surface area contributed by atoms with E-state index >= 15 is 0 Å². The first-order valence-electron chi connectivity index (χ1n) is 11.8. The van der Waals surface area contributed by atoms with Crippen LogP contribution in [0, 0.1) is 34.6 Å². The summed E-state index contributed by atoms with van der Waals surface area (Å²) in [7, 11) is 0. The molecule has 0 radical (unpaired) electrons. The highest BCUT2D eigenvalue weighted by Gasteiger charge is 2.22. The van der Waals surface area contributed by atoms with Gasteiger partial charge in [-0.1, -0.05) is 50.8 Å². The Labute approximate surface area is 186 Å². The van der Waals surface area contributed by atoms with E-state index in [1.807, 2.05) is 0 Å². The maximum atomic E-state index is 5.10. The van der Waals surface area contributed by atoms with Gasteiger partial charge < -0.3 is 4.57 Å². The molecule has 0 aliphatic rings. The largest absolute Gasteiger partial charge is 0.329 e. The number of aromatic nitrogens is 4. The Balaban J connectivity index is 2.04. The Morgan fingerprint density at radius 2 is 1.52 bits per heavy atom. The molecular formula is C27H36N4. The number of benzene rings is 1. The summed E-state index contributed by atoms with van der Waals surface area (Å²) in [6.07, 6.45) is 5.91. The quantitative estimate of drug-likeness (QED) is 0.303. The SMILES string of the molecule is CCCCCn1c(CCC)cc2c(C)nc3c(-c4c(C)cc(C)cc4C)c(C)nn3c21. The average molecular weight is 417 g/mol. The van der Waals surface area contributed by atoms with Crippen molar-refractivity contribution in [3.63, 3.8) is 0 Å².